The lowest BCUT2D eigenvalue weighted by atomic mass is 10.1. The van der Waals surface area contributed by atoms with Gasteiger partial charge in [0.25, 0.3) is 0 Å². The third-order valence-electron chi connectivity index (χ3n) is 7.69. The van der Waals surface area contributed by atoms with E-state index in [4.69, 9.17) is 14.2 Å². The lowest BCUT2D eigenvalue weighted by Gasteiger charge is -2.31. The average molecular weight is 699 g/mol. The van der Waals surface area contributed by atoms with Crippen molar-refractivity contribution >= 4 is 17.9 Å². The maximum Gasteiger partial charge on any atom is 0.362 e. The monoisotopic (exact) mass is 698 g/mol. The van der Waals surface area contributed by atoms with Gasteiger partial charge in [0, 0.05) is 19.3 Å². The number of esters is 2. The largest absolute Gasteiger partial charge is 0.477 e. The van der Waals surface area contributed by atoms with Crippen LogP contribution in [-0.4, -0.2) is 80.6 Å². The highest BCUT2D eigenvalue weighted by Crippen LogP contribution is 2.11. The summed E-state index contributed by atoms with van der Waals surface area (Å²) in [6, 6.07) is -0.630. The molecule has 0 aromatic heterocycles. The number of hydrogen-bond acceptors (Lipinski definition) is 6. The summed E-state index contributed by atoms with van der Waals surface area (Å²) in [5.41, 5.74) is 0. The van der Waals surface area contributed by atoms with E-state index in [1.165, 1.54) is 25.7 Å². The number of likely N-dealkylation sites (N-methyl/N-ethyl adjacent to an activating group) is 1. The van der Waals surface area contributed by atoms with Crippen LogP contribution >= 0.6 is 0 Å². The second-order valence-corrected chi connectivity index (χ2v) is 13.2. The van der Waals surface area contributed by atoms with Crippen molar-refractivity contribution in [3.05, 3.63) is 85.1 Å². The number of allylic oxidation sites excluding steroid dienone is 14. The maximum absolute atomic E-state index is 12.6. The number of nitrogens with zero attached hydrogens (tertiary/aromatic N) is 1. The van der Waals surface area contributed by atoms with Crippen LogP contribution in [0.4, 0.5) is 0 Å². The Labute approximate surface area is 303 Å². The van der Waals surface area contributed by atoms with Crippen molar-refractivity contribution in [2.45, 2.75) is 122 Å². The maximum atomic E-state index is 12.6. The summed E-state index contributed by atoms with van der Waals surface area (Å²) in [7, 11) is 5.47. The summed E-state index contributed by atoms with van der Waals surface area (Å²) in [5, 5.41) is 9.57. The SMILES string of the molecule is CC/C=C/C=C/C=C/C=C/C=C/C=C/CCCCCC(=O)OC(COCCC(C(=O)O)[N+](C)(C)C)COC(=O)CCC/C=C/CCCCCC. The van der Waals surface area contributed by atoms with Crippen LogP contribution in [0.3, 0.4) is 0 Å². The Bertz CT molecular complexity index is 1090. The van der Waals surface area contributed by atoms with Gasteiger partial charge in [-0.2, -0.15) is 0 Å². The van der Waals surface area contributed by atoms with E-state index < -0.39 is 18.1 Å². The first-order valence-electron chi connectivity index (χ1n) is 18.7. The second kappa shape index (κ2) is 32.7. The van der Waals surface area contributed by atoms with Gasteiger partial charge in [0.15, 0.2) is 12.1 Å². The minimum atomic E-state index is -0.892. The first-order chi connectivity index (χ1) is 24.1. The Morgan fingerprint density at radius 2 is 1.16 bits per heavy atom. The van der Waals surface area contributed by atoms with Crippen LogP contribution < -0.4 is 0 Å². The van der Waals surface area contributed by atoms with E-state index in [1.54, 1.807) is 0 Å². The topological polar surface area (TPSA) is 99.1 Å². The van der Waals surface area contributed by atoms with Crippen LogP contribution in [0.2, 0.25) is 0 Å². The van der Waals surface area contributed by atoms with E-state index in [2.05, 4.69) is 38.2 Å². The predicted octanol–water partition coefficient (Wildman–Crippen LogP) is 9.40. The Morgan fingerprint density at radius 3 is 1.74 bits per heavy atom. The van der Waals surface area contributed by atoms with E-state index in [9.17, 15) is 19.5 Å². The van der Waals surface area contributed by atoms with Gasteiger partial charge in [-0.05, 0) is 51.4 Å². The molecule has 0 heterocycles. The number of carbonyl (C=O) groups excluding carboxylic acids is 2. The average Bonchev–Trinajstić information content (AvgIpc) is 3.06. The molecule has 0 aromatic rings. The highest BCUT2D eigenvalue weighted by Gasteiger charge is 2.31. The van der Waals surface area contributed by atoms with Crippen molar-refractivity contribution in [3.8, 4) is 0 Å². The number of aliphatic carboxylic acids is 1. The molecule has 2 unspecified atom stereocenters. The molecular formula is C42H68NO7+. The Hall–Kier alpha value is -3.49. The smallest absolute Gasteiger partial charge is 0.362 e. The summed E-state index contributed by atoms with van der Waals surface area (Å²) >= 11 is 0. The quantitative estimate of drug-likeness (QED) is 0.0253. The summed E-state index contributed by atoms with van der Waals surface area (Å²) < 4.78 is 17.1. The molecule has 1 N–H and O–H groups in total. The Balaban J connectivity index is 4.59. The molecule has 0 aliphatic carbocycles. The molecule has 0 aliphatic heterocycles. The number of unbranched alkanes of at least 4 members (excludes halogenated alkanes) is 8. The number of carboxylic acid groups (broad SMARTS) is 1. The Kier molecular flexibility index (Phi) is 30.4. The highest BCUT2D eigenvalue weighted by atomic mass is 16.6. The van der Waals surface area contributed by atoms with E-state index in [0.29, 0.717) is 25.7 Å². The standard InChI is InChI=1S/C42H67NO7/c1-6-8-10-12-14-16-17-18-19-20-21-22-23-25-27-29-31-33-41(45)50-38(36-48-35-34-39(42(46)47)43(3,4)5)37-49-40(44)32-30-28-26-24-15-13-11-9-7-2/h8,10,12,14,16-24,26,38-39H,6-7,9,11,13,15,25,27-37H2,1-5H3/p+1/b10-8+,14-12+,17-16+,19-18+,21-20+,23-22+,26-24+. The molecule has 8 heteroatoms. The molecule has 50 heavy (non-hydrogen) atoms. The fourth-order valence-electron chi connectivity index (χ4n) is 4.77. The fraction of sp³-hybridized carbons (Fsp3) is 0.595. The molecule has 8 nitrogen and oxygen atoms in total. The lowest BCUT2D eigenvalue weighted by molar-refractivity contribution is -0.887. The van der Waals surface area contributed by atoms with Crippen molar-refractivity contribution in [2.75, 3.05) is 41.0 Å². The van der Waals surface area contributed by atoms with Crippen LogP contribution in [0.25, 0.3) is 0 Å². The molecule has 0 fully saturated rings. The van der Waals surface area contributed by atoms with E-state index in [0.717, 1.165) is 38.5 Å². The zero-order valence-corrected chi connectivity index (χ0v) is 31.8. The van der Waals surface area contributed by atoms with Gasteiger partial charge >= 0.3 is 17.9 Å². The molecule has 0 radical (unpaired) electrons. The number of ether oxygens (including phenoxy) is 3. The van der Waals surface area contributed by atoms with Gasteiger partial charge in [0.05, 0.1) is 34.4 Å². The van der Waals surface area contributed by atoms with Crippen LogP contribution in [0.1, 0.15) is 110 Å². The van der Waals surface area contributed by atoms with Gasteiger partial charge in [-0.3, -0.25) is 9.59 Å². The zero-order chi connectivity index (χ0) is 37.1. The first kappa shape index (κ1) is 46.5. The number of carbonyl (C=O) groups is 3. The molecule has 0 aromatic carbocycles. The van der Waals surface area contributed by atoms with Gasteiger partial charge in [-0.25, -0.2) is 4.79 Å². The predicted molar refractivity (Wildman–Crippen MR) is 206 cm³/mol. The van der Waals surface area contributed by atoms with Crippen molar-refractivity contribution in [2.24, 2.45) is 0 Å². The van der Waals surface area contributed by atoms with E-state index in [-0.39, 0.29) is 42.7 Å². The van der Waals surface area contributed by atoms with Gasteiger partial charge in [0.1, 0.15) is 6.61 Å². The van der Waals surface area contributed by atoms with Gasteiger partial charge in [-0.1, -0.05) is 125 Å². The molecule has 0 rings (SSSR count). The lowest BCUT2D eigenvalue weighted by Crippen LogP contribution is -2.50. The van der Waals surface area contributed by atoms with Crippen LogP contribution in [0, 0.1) is 0 Å². The minimum absolute atomic E-state index is 0.0285. The third-order valence-corrected chi connectivity index (χ3v) is 7.69. The number of quaternary nitrogens is 1. The van der Waals surface area contributed by atoms with Gasteiger partial charge < -0.3 is 23.8 Å². The molecular weight excluding hydrogens is 630 g/mol. The summed E-state index contributed by atoms with van der Waals surface area (Å²) in [6.07, 6.45) is 40.7. The summed E-state index contributed by atoms with van der Waals surface area (Å²) in [6.45, 7) is 4.43. The summed E-state index contributed by atoms with van der Waals surface area (Å²) in [5.74, 6) is -1.59. The van der Waals surface area contributed by atoms with Crippen molar-refractivity contribution in [3.63, 3.8) is 0 Å². The molecule has 0 spiro atoms. The normalized spacial score (nSPS) is 14.0. The fourth-order valence-corrected chi connectivity index (χ4v) is 4.77. The number of carboxylic acids is 1. The van der Waals surface area contributed by atoms with Crippen molar-refractivity contribution in [1.82, 2.24) is 0 Å². The second-order valence-electron chi connectivity index (χ2n) is 13.2. The van der Waals surface area contributed by atoms with Crippen LogP contribution in [-0.2, 0) is 28.6 Å². The van der Waals surface area contributed by atoms with Gasteiger partial charge in [-0.15, -0.1) is 0 Å². The number of rotatable bonds is 31. The van der Waals surface area contributed by atoms with Crippen LogP contribution in [0.15, 0.2) is 85.1 Å². The minimum Gasteiger partial charge on any atom is -0.477 e. The summed E-state index contributed by atoms with van der Waals surface area (Å²) in [4.78, 5) is 36.7. The van der Waals surface area contributed by atoms with E-state index >= 15 is 0 Å². The highest BCUT2D eigenvalue weighted by molar-refractivity contribution is 5.72. The first-order valence-corrected chi connectivity index (χ1v) is 18.7. The molecule has 2 atom stereocenters. The zero-order valence-electron chi connectivity index (χ0n) is 31.8. The number of hydrogen-bond donors (Lipinski definition) is 1. The molecule has 282 valence electrons. The van der Waals surface area contributed by atoms with Crippen molar-refractivity contribution in [1.29, 1.82) is 0 Å². The molecule has 0 aliphatic rings. The molecule has 0 amide bonds. The molecule has 0 saturated heterocycles. The molecule has 0 saturated carbocycles. The Morgan fingerprint density at radius 1 is 0.620 bits per heavy atom. The van der Waals surface area contributed by atoms with Gasteiger partial charge in [0.2, 0.25) is 0 Å². The van der Waals surface area contributed by atoms with Crippen LogP contribution in [0.5, 0.6) is 0 Å². The van der Waals surface area contributed by atoms with Crippen molar-refractivity contribution < 1.29 is 38.2 Å². The molecule has 0 bridgehead atoms. The third kappa shape index (κ3) is 30.6. The van der Waals surface area contributed by atoms with E-state index in [1.807, 2.05) is 81.9 Å².